The van der Waals surface area contributed by atoms with Crippen LogP contribution in [0.2, 0.25) is 0 Å². The van der Waals surface area contributed by atoms with Gasteiger partial charge in [-0.05, 0) is 132 Å². The summed E-state index contributed by atoms with van der Waals surface area (Å²) in [4.78, 5) is 2.34. The average molecular weight is 740 g/mol. The molecular weight excluding hydrogens is 699 g/mol. The fourth-order valence-corrected chi connectivity index (χ4v) is 8.57. The van der Waals surface area contributed by atoms with Crippen LogP contribution < -0.4 is 4.90 Å². The van der Waals surface area contributed by atoms with E-state index in [0.717, 1.165) is 23.5 Å². The molecule has 0 aromatic heterocycles. The minimum atomic E-state index is 0.901. The summed E-state index contributed by atoms with van der Waals surface area (Å²) in [5, 5.41) is 5.11. The van der Waals surface area contributed by atoms with E-state index in [1.54, 1.807) is 0 Å². The molecule has 1 heteroatoms. The van der Waals surface area contributed by atoms with Crippen molar-refractivity contribution in [2.75, 3.05) is 4.90 Å². The van der Waals surface area contributed by atoms with Gasteiger partial charge in [0.2, 0.25) is 0 Å². The lowest BCUT2D eigenvalue weighted by Crippen LogP contribution is -2.09. The summed E-state index contributed by atoms with van der Waals surface area (Å²) in [6, 6.07) is 62.1. The van der Waals surface area contributed by atoms with E-state index in [1.807, 2.05) is 6.08 Å². The Hall–Kier alpha value is -7.48. The summed E-state index contributed by atoms with van der Waals surface area (Å²) in [5.41, 5.74) is 16.2. The molecule has 8 aromatic carbocycles. The highest BCUT2D eigenvalue weighted by Crippen LogP contribution is 2.47. The number of fused-ring (bicyclic) bond motifs is 6. The number of benzene rings is 8. The highest BCUT2D eigenvalue weighted by Gasteiger charge is 2.25. The number of nitrogens with zero attached hydrogens (tertiary/aromatic N) is 1. The fraction of sp³-hybridized carbons (Fsp3) is 0.0175. The van der Waals surface area contributed by atoms with Gasteiger partial charge in [-0.3, -0.25) is 0 Å². The molecule has 8 aromatic rings. The summed E-state index contributed by atoms with van der Waals surface area (Å²) < 4.78 is 0. The van der Waals surface area contributed by atoms with Gasteiger partial charge in [0.15, 0.2) is 0 Å². The standard InChI is InChI=1S/C57H41N/c1-2-4-6-9-19-43(20-10-7-5-3-1)54-39-56-53-27-17-26-50(55(53)40-57(56)52-25-16-15-24-51(52)54)44-32-36-49(37-33-44)58(47-22-11-8-12-23-47)48-34-30-42(31-35-48)46-29-28-41-18-13-14-21-45(41)38-46/h1-39H,40H2/b2-1?,3-1?,4-2?,5-3?,6-4-,7-5?,9-6?,10-7-,19-9+,20-10?,43-19?,43-20+. The van der Waals surface area contributed by atoms with Gasteiger partial charge in [0.05, 0.1) is 0 Å². The summed E-state index contributed by atoms with van der Waals surface area (Å²) >= 11 is 0. The molecule has 0 saturated carbocycles. The van der Waals surface area contributed by atoms with Crippen molar-refractivity contribution in [3.8, 4) is 33.4 Å². The van der Waals surface area contributed by atoms with Crippen LogP contribution in [0.4, 0.5) is 17.1 Å². The van der Waals surface area contributed by atoms with Gasteiger partial charge in [-0.1, -0.05) is 188 Å². The molecule has 0 fully saturated rings. The van der Waals surface area contributed by atoms with Crippen molar-refractivity contribution in [1.29, 1.82) is 0 Å². The molecule has 58 heavy (non-hydrogen) atoms. The average Bonchev–Trinajstić information content (AvgIpc) is 3.66. The van der Waals surface area contributed by atoms with Gasteiger partial charge in [0, 0.05) is 17.1 Å². The second-order valence-electron chi connectivity index (χ2n) is 14.9. The van der Waals surface area contributed by atoms with E-state index >= 15 is 0 Å². The number of para-hydroxylation sites is 1. The maximum atomic E-state index is 2.43. The first-order valence-electron chi connectivity index (χ1n) is 20.1. The Morgan fingerprint density at radius 3 is 1.67 bits per heavy atom. The van der Waals surface area contributed by atoms with Crippen molar-refractivity contribution >= 4 is 44.2 Å². The first kappa shape index (κ1) is 35.0. The molecule has 0 spiro atoms. The van der Waals surface area contributed by atoms with Crippen LogP contribution in [0.15, 0.2) is 237 Å². The number of rotatable bonds is 6. The van der Waals surface area contributed by atoms with Crippen LogP contribution in [0.25, 0.3) is 60.5 Å². The van der Waals surface area contributed by atoms with E-state index in [4.69, 9.17) is 0 Å². The van der Waals surface area contributed by atoms with Crippen molar-refractivity contribution in [2.45, 2.75) is 6.42 Å². The molecule has 2 aliphatic carbocycles. The molecule has 0 aliphatic heterocycles. The van der Waals surface area contributed by atoms with Crippen LogP contribution in [-0.2, 0) is 6.42 Å². The lowest BCUT2D eigenvalue weighted by Gasteiger charge is -2.26. The monoisotopic (exact) mass is 739 g/mol. The van der Waals surface area contributed by atoms with E-state index < -0.39 is 0 Å². The van der Waals surface area contributed by atoms with Gasteiger partial charge in [0.1, 0.15) is 0 Å². The Bertz CT molecular complexity index is 2990. The molecule has 0 unspecified atom stereocenters. The fourth-order valence-electron chi connectivity index (χ4n) is 8.57. The topological polar surface area (TPSA) is 3.24 Å². The smallest absolute Gasteiger partial charge is 0.0462 e. The van der Waals surface area contributed by atoms with Crippen molar-refractivity contribution in [3.05, 3.63) is 253 Å². The second kappa shape index (κ2) is 15.6. The lowest BCUT2D eigenvalue weighted by atomic mass is 9.90. The number of hydrogen-bond acceptors (Lipinski definition) is 1. The zero-order valence-electron chi connectivity index (χ0n) is 32.2. The molecule has 1 nitrogen and oxygen atoms in total. The Morgan fingerprint density at radius 1 is 0.328 bits per heavy atom. The summed E-state index contributed by atoms with van der Waals surface area (Å²) in [7, 11) is 0. The molecule has 0 bridgehead atoms. The molecule has 0 atom stereocenters. The largest absolute Gasteiger partial charge is 0.311 e. The molecule has 0 saturated heterocycles. The third kappa shape index (κ3) is 6.74. The summed E-state index contributed by atoms with van der Waals surface area (Å²) in [6.07, 6.45) is 24.1. The van der Waals surface area contributed by atoms with Gasteiger partial charge in [0.25, 0.3) is 0 Å². The third-order valence-corrected chi connectivity index (χ3v) is 11.4. The van der Waals surface area contributed by atoms with Crippen LogP contribution >= 0.6 is 0 Å². The van der Waals surface area contributed by atoms with Crippen LogP contribution in [-0.4, -0.2) is 0 Å². The Labute approximate surface area is 340 Å². The molecule has 0 amide bonds. The van der Waals surface area contributed by atoms with E-state index in [1.165, 1.54) is 77.2 Å². The summed E-state index contributed by atoms with van der Waals surface area (Å²) in [5.74, 6) is 0. The van der Waals surface area contributed by atoms with E-state index in [0.29, 0.717) is 0 Å². The van der Waals surface area contributed by atoms with Crippen LogP contribution in [0, 0.1) is 0 Å². The molecule has 0 radical (unpaired) electrons. The summed E-state index contributed by atoms with van der Waals surface area (Å²) in [6.45, 7) is 0. The van der Waals surface area contributed by atoms with Gasteiger partial charge >= 0.3 is 0 Å². The van der Waals surface area contributed by atoms with Gasteiger partial charge < -0.3 is 4.90 Å². The Balaban J connectivity index is 1.00. The van der Waals surface area contributed by atoms with Crippen LogP contribution in [0.1, 0.15) is 16.7 Å². The maximum absolute atomic E-state index is 2.43. The van der Waals surface area contributed by atoms with E-state index in [-0.39, 0.29) is 0 Å². The van der Waals surface area contributed by atoms with Crippen molar-refractivity contribution in [3.63, 3.8) is 0 Å². The lowest BCUT2D eigenvalue weighted by molar-refractivity contribution is 1.27. The number of allylic oxidation sites excluding steroid dienone is 12. The zero-order valence-corrected chi connectivity index (χ0v) is 32.2. The predicted molar refractivity (Wildman–Crippen MR) is 249 cm³/mol. The second-order valence-corrected chi connectivity index (χ2v) is 14.9. The quantitative estimate of drug-likeness (QED) is 0.164. The molecule has 10 rings (SSSR count). The van der Waals surface area contributed by atoms with Gasteiger partial charge in [-0.2, -0.15) is 0 Å². The predicted octanol–water partition coefficient (Wildman–Crippen LogP) is 15.5. The Morgan fingerprint density at radius 2 is 0.914 bits per heavy atom. The van der Waals surface area contributed by atoms with Crippen molar-refractivity contribution in [1.82, 2.24) is 0 Å². The Kier molecular flexibility index (Phi) is 9.39. The zero-order chi connectivity index (χ0) is 38.7. The molecular formula is C57H41N. The van der Waals surface area contributed by atoms with Gasteiger partial charge in [-0.15, -0.1) is 0 Å². The highest BCUT2D eigenvalue weighted by molar-refractivity contribution is 6.04. The van der Waals surface area contributed by atoms with E-state index in [2.05, 4.69) is 236 Å². The molecule has 0 heterocycles. The molecule has 2 aliphatic rings. The molecule has 0 N–H and O–H groups in total. The minimum absolute atomic E-state index is 0.901. The van der Waals surface area contributed by atoms with Crippen molar-refractivity contribution in [2.24, 2.45) is 0 Å². The van der Waals surface area contributed by atoms with Gasteiger partial charge in [-0.25, -0.2) is 0 Å². The number of hydrogen-bond donors (Lipinski definition) is 0. The minimum Gasteiger partial charge on any atom is -0.311 e. The van der Waals surface area contributed by atoms with Crippen LogP contribution in [0.3, 0.4) is 0 Å². The first-order valence-corrected chi connectivity index (χ1v) is 20.1. The molecule has 274 valence electrons. The van der Waals surface area contributed by atoms with Crippen molar-refractivity contribution < 1.29 is 0 Å². The maximum Gasteiger partial charge on any atom is 0.0462 e. The highest BCUT2D eigenvalue weighted by atomic mass is 15.1. The van der Waals surface area contributed by atoms with E-state index in [9.17, 15) is 0 Å². The number of anilines is 3. The first-order chi connectivity index (χ1) is 28.8. The normalized spacial score (nSPS) is 15.8. The SMILES string of the molecule is C1=C\C=C/C=C/C(c2cc3c(c4ccccc24)Cc2c(-c4ccc(N(c5ccccc5)c5ccc(-c6ccc7ccccc7c6)cc5)cc4)cccc2-3)=C\C=C/C=C1. The third-order valence-electron chi connectivity index (χ3n) is 11.4. The van der Waals surface area contributed by atoms with Crippen LogP contribution in [0.5, 0.6) is 0 Å².